The Hall–Kier alpha value is -1.59. The van der Waals surface area contributed by atoms with E-state index in [1.807, 2.05) is 0 Å². The van der Waals surface area contributed by atoms with Gasteiger partial charge in [-0.05, 0) is 12.8 Å². The predicted octanol–water partition coefficient (Wildman–Crippen LogP) is 1.40. The Morgan fingerprint density at radius 1 is 1.14 bits per heavy atom. The lowest BCUT2D eigenvalue weighted by molar-refractivity contribution is -0.154. The molecule has 0 unspecified atom stereocenters. The van der Waals surface area contributed by atoms with Crippen molar-refractivity contribution in [3.05, 3.63) is 0 Å². The van der Waals surface area contributed by atoms with Gasteiger partial charge in [0.2, 0.25) is 11.8 Å². The van der Waals surface area contributed by atoms with Crippen LogP contribution in [0.4, 0.5) is 0 Å². The lowest BCUT2D eigenvalue weighted by Gasteiger charge is -2.29. The van der Waals surface area contributed by atoms with Crippen LogP contribution in [0.3, 0.4) is 0 Å². The first-order chi connectivity index (χ1) is 9.91. The maximum absolute atomic E-state index is 12.3. The van der Waals surface area contributed by atoms with Gasteiger partial charge in [-0.2, -0.15) is 0 Å². The molecule has 21 heavy (non-hydrogen) atoms. The number of aliphatic carboxylic acids is 1. The molecule has 1 fully saturated rings. The molecule has 1 saturated carbocycles. The van der Waals surface area contributed by atoms with Crippen LogP contribution in [0, 0.1) is 5.41 Å². The first kappa shape index (κ1) is 17.5. The van der Waals surface area contributed by atoms with E-state index < -0.39 is 11.4 Å². The van der Waals surface area contributed by atoms with E-state index in [0.29, 0.717) is 19.4 Å². The van der Waals surface area contributed by atoms with E-state index in [4.69, 9.17) is 0 Å². The van der Waals surface area contributed by atoms with E-state index in [0.717, 1.165) is 25.7 Å². The summed E-state index contributed by atoms with van der Waals surface area (Å²) in [5.74, 6) is -1.18. The molecule has 120 valence electrons. The minimum atomic E-state index is -0.922. The average molecular weight is 298 g/mol. The van der Waals surface area contributed by atoms with Gasteiger partial charge in [0.05, 0.1) is 5.41 Å². The smallest absolute Gasteiger partial charge is 0.310 e. The Balaban J connectivity index is 2.63. The number of rotatable bonds is 6. The molecule has 2 N–H and O–H groups in total. The zero-order chi connectivity index (χ0) is 15.9. The first-order valence-electron chi connectivity index (χ1n) is 7.59. The molecule has 0 bridgehead atoms. The summed E-state index contributed by atoms with van der Waals surface area (Å²) in [7, 11) is 3.17. The van der Waals surface area contributed by atoms with Crippen molar-refractivity contribution in [2.24, 2.45) is 5.41 Å². The molecule has 6 nitrogen and oxygen atoms in total. The van der Waals surface area contributed by atoms with Gasteiger partial charge >= 0.3 is 5.97 Å². The second-order valence-electron chi connectivity index (χ2n) is 5.91. The van der Waals surface area contributed by atoms with Gasteiger partial charge in [-0.1, -0.05) is 25.7 Å². The van der Waals surface area contributed by atoms with Crippen molar-refractivity contribution in [2.45, 2.75) is 51.4 Å². The molecule has 1 rings (SSSR count). The van der Waals surface area contributed by atoms with Gasteiger partial charge in [-0.15, -0.1) is 0 Å². The van der Waals surface area contributed by atoms with Gasteiger partial charge in [-0.3, -0.25) is 14.4 Å². The molecule has 6 heteroatoms. The zero-order valence-electron chi connectivity index (χ0n) is 13.0. The largest absolute Gasteiger partial charge is 0.481 e. The summed E-state index contributed by atoms with van der Waals surface area (Å²) in [6.07, 6.45) is 5.20. The lowest BCUT2D eigenvalue weighted by Crippen LogP contribution is -2.39. The number of hydrogen-bond acceptors (Lipinski definition) is 3. The lowest BCUT2D eigenvalue weighted by atomic mass is 9.77. The van der Waals surface area contributed by atoms with Crippen LogP contribution in [0.2, 0.25) is 0 Å². The number of hydrogen-bond donors (Lipinski definition) is 2. The highest BCUT2D eigenvalue weighted by molar-refractivity contribution is 5.85. The Bertz CT molecular complexity index is 387. The van der Waals surface area contributed by atoms with Crippen LogP contribution < -0.4 is 5.32 Å². The molecule has 1 aliphatic rings. The third-order valence-electron chi connectivity index (χ3n) is 4.38. The molecule has 0 radical (unpaired) electrons. The third kappa shape index (κ3) is 5.02. The van der Waals surface area contributed by atoms with Crippen molar-refractivity contribution in [3.8, 4) is 0 Å². The van der Waals surface area contributed by atoms with E-state index in [-0.39, 0.29) is 24.7 Å². The van der Waals surface area contributed by atoms with Crippen molar-refractivity contribution >= 4 is 17.8 Å². The summed E-state index contributed by atoms with van der Waals surface area (Å²) in [6, 6.07) is 0. The molecule has 0 aromatic carbocycles. The molecular formula is C15H26N2O4. The number of nitrogens with zero attached hydrogens (tertiary/aromatic N) is 1. The van der Waals surface area contributed by atoms with E-state index in [1.54, 1.807) is 14.1 Å². The monoisotopic (exact) mass is 298 g/mol. The van der Waals surface area contributed by atoms with Crippen LogP contribution in [0.15, 0.2) is 0 Å². The summed E-state index contributed by atoms with van der Waals surface area (Å²) < 4.78 is 0. The standard InChI is InChI=1S/C15H26N2O4/c1-16-12(18)7-10-17(2)13(19)11-15(14(20)21)8-5-3-4-6-9-15/h3-11H2,1-2H3,(H,16,18)(H,20,21). The maximum Gasteiger partial charge on any atom is 0.310 e. The molecule has 0 aromatic heterocycles. The van der Waals surface area contributed by atoms with E-state index in [1.165, 1.54) is 4.90 Å². The summed E-state index contributed by atoms with van der Waals surface area (Å²) in [4.78, 5) is 36.6. The molecule has 0 saturated heterocycles. The van der Waals surface area contributed by atoms with Gasteiger partial charge in [-0.25, -0.2) is 0 Å². The molecule has 0 aliphatic heterocycles. The molecule has 0 heterocycles. The topological polar surface area (TPSA) is 86.7 Å². The van der Waals surface area contributed by atoms with Gasteiger partial charge in [0.25, 0.3) is 0 Å². The van der Waals surface area contributed by atoms with Crippen molar-refractivity contribution in [3.63, 3.8) is 0 Å². The van der Waals surface area contributed by atoms with Crippen LogP contribution in [0.5, 0.6) is 0 Å². The SMILES string of the molecule is CNC(=O)CCN(C)C(=O)CC1(C(=O)O)CCCCCC1. The van der Waals surface area contributed by atoms with Crippen LogP contribution in [-0.4, -0.2) is 48.4 Å². The fourth-order valence-electron chi connectivity index (χ4n) is 2.81. The maximum atomic E-state index is 12.3. The Kier molecular flexibility index (Phi) is 6.65. The summed E-state index contributed by atoms with van der Waals surface area (Å²) >= 11 is 0. The molecular weight excluding hydrogens is 272 g/mol. The molecule has 0 aromatic rings. The van der Waals surface area contributed by atoms with Crippen LogP contribution >= 0.6 is 0 Å². The highest BCUT2D eigenvalue weighted by atomic mass is 16.4. The van der Waals surface area contributed by atoms with Crippen molar-refractivity contribution in [1.82, 2.24) is 10.2 Å². The Labute approximate surface area is 125 Å². The van der Waals surface area contributed by atoms with Crippen LogP contribution in [-0.2, 0) is 14.4 Å². The van der Waals surface area contributed by atoms with Gasteiger partial charge < -0.3 is 15.3 Å². The first-order valence-corrected chi connectivity index (χ1v) is 7.59. The molecule has 2 amide bonds. The normalized spacial score (nSPS) is 17.6. The minimum Gasteiger partial charge on any atom is -0.481 e. The molecule has 0 atom stereocenters. The second kappa shape index (κ2) is 8.00. The minimum absolute atomic E-state index is 0.0343. The van der Waals surface area contributed by atoms with Crippen molar-refractivity contribution in [1.29, 1.82) is 0 Å². The fraction of sp³-hybridized carbons (Fsp3) is 0.800. The third-order valence-corrected chi connectivity index (χ3v) is 4.38. The second-order valence-corrected chi connectivity index (χ2v) is 5.91. The highest BCUT2D eigenvalue weighted by Crippen LogP contribution is 2.38. The molecule has 1 aliphatic carbocycles. The van der Waals surface area contributed by atoms with E-state index in [2.05, 4.69) is 5.32 Å². The number of carbonyl (C=O) groups is 3. The quantitative estimate of drug-likeness (QED) is 0.726. The number of carboxylic acids is 1. The summed E-state index contributed by atoms with van der Waals surface area (Å²) in [5, 5.41) is 12.1. The molecule has 0 spiro atoms. The van der Waals surface area contributed by atoms with E-state index >= 15 is 0 Å². The number of amides is 2. The van der Waals surface area contributed by atoms with E-state index in [9.17, 15) is 19.5 Å². The fourth-order valence-corrected chi connectivity index (χ4v) is 2.81. The summed E-state index contributed by atoms with van der Waals surface area (Å²) in [6.45, 7) is 0.314. The van der Waals surface area contributed by atoms with Crippen LogP contribution in [0.25, 0.3) is 0 Å². The van der Waals surface area contributed by atoms with Gasteiger partial charge in [0.15, 0.2) is 0 Å². The average Bonchev–Trinajstić information content (AvgIpc) is 2.70. The van der Waals surface area contributed by atoms with Crippen molar-refractivity contribution in [2.75, 3.05) is 20.6 Å². The zero-order valence-corrected chi connectivity index (χ0v) is 13.0. The highest BCUT2D eigenvalue weighted by Gasteiger charge is 2.41. The van der Waals surface area contributed by atoms with Gasteiger partial charge in [0.1, 0.15) is 0 Å². The number of nitrogens with one attached hydrogen (secondary N) is 1. The van der Waals surface area contributed by atoms with Crippen LogP contribution in [0.1, 0.15) is 51.4 Å². The number of carboxylic acid groups (broad SMARTS) is 1. The Morgan fingerprint density at radius 3 is 2.19 bits per heavy atom. The van der Waals surface area contributed by atoms with Gasteiger partial charge in [0, 0.05) is 33.5 Å². The predicted molar refractivity (Wildman–Crippen MR) is 78.7 cm³/mol. The summed E-state index contributed by atoms with van der Waals surface area (Å²) in [5.41, 5.74) is -0.922. The Morgan fingerprint density at radius 2 is 1.71 bits per heavy atom. The van der Waals surface area contributed by atoms with Crippen molar-refractivity contribution < 1.29 is 19.5 Å². The number of carbonyl (C=O) groups excluding carboxylic acids is 2.